The van der Waals surface area contributed by atoms with Gasteiger partial charge in [0.05, 0.1) is 4.90 Å². The molecule has 5 nitrogen and oxygen atoms in total. The molecule has 0 saturated heterocycles. The Morgan fingerprint density at radius 2 is 1.68 bits per heavy atom. The van der Waals surface area contributed by atoms with Crippen molar-refractivity contribution in [3.05, 3.63) is 39.4 Å². The molecule has 1 aromatic carbocycles. The molecular formula is C11H13N3O2S3. The Hall–Kier alpha value is -1.25. The lowest BCUT2D eigenvalue weighted by atomic mass is 10.2. The zero-order chi connectivity index (χ0) is 14.0. The number of rotatable bonds is 2. The van der Waals surface area contributed by atoms with Gasteiger partial charge >= 0.3 is 0 Å². The third-order valence-corrected chi connectivity index (χ3v) is 6.22. The highest BCUT2D eigenvalue weighted by Crippen LogP contribution is 2.12. The maximum atomic E-state index is 12.2. The monoisotopic (exact) mass is 315 g/mol. The smallest absolute Gasteiger partial charge is 0.285 e. The number of hydrogen-bond acceptors (Lipinski definition) is 5. The van der Waals surface area contributed by atoms with Crippen LogP contribution in [0.25, 0.3) is 0 Å². The van der Waals surface area contributed by atoms with Gasteiger partial charge in [-0.25, -0.2) is 0 Å². The molecule has 0 aliphatic rings. The number of hydrogen-bond donors (Lipinski definition) is 0. The molecule has 0 unspecified atom stereocenters. The van der Waals surface area contributed by atoms with Crippen molar-refractivity contribution in [3.63, 3.8) is 0 Å². The van der Waals surface area contributed by atoms with Crippen molar-refractivity contribution >= 4 is 30.7 Å². The fourth-order valence-corrected chi connectivity index (χ4v) is 5.02. The summed E-state index contributed by atoms with van der Waals surface area (Å²) < 4.78 is 29.9. The van der Waals surface area contributed by atoms with Gasteiger partial charge in [-0.05, 0) is 39.7 Å². The second-order valence-corrected chi connectivity index (χ2v) is 7.56. The fourth-order valence-electron chi connectivity index (χ4n) is 1.40. The van der Waals surface area contributed by atoms with Gasteiger partial charge in [0, 0.05) is 14.1 Å². The van der Waals surface area contributed by atoms with Crippen LogP contribution in [0.15, 0.2) is 38.6 Å². The summed E-state index contributed by atoms with van der Waals surface area (Å²) in [6.45, 7) is 1.91. The van der Waals surface area contributed by atoms with Crippen molar-refractivity contribution < 1.29 is 8.42 Å². The van der Waals surface area contributed by atoms with Gasteiger partial charge in [-0.1, -0.05) is 17.7 Å². The van der Waals surface area contributed by atoms with Gasteiger partial charge in [0.25, 0.3) is 10.0 Å². The van der Waals surface area contributed by atoms with Crippen LogP contribution in [0.3, 0.4) is 0 Å². The van der Waals surface area contributed by atoms with Crippen molar-refractivity contribution in [2.75, 3.05) is 7.05 Å². The normalized spacial score (nSPS) is 14.1. The van der Waals surface area contributed by atoms with Crippen LogP contribution < -0.4 is 9.60 Å². The van der Waals surface area contributed by atoms with Gasteiger partial charge in [0.1, 0.15) is 0 Å². The zero-order valence-electron chi connectivity index (χ0n) is 10.7. The standard InChI is InChI=1S/C11H13N3O2S3/c1-8-4-6-9(7-5-8)19(15,16)13-11-14(3)10(12-2)17-18-11/h4-7H,1-3H3/b12-10?,13-11-. The van der Waals surface area contributed by atoms with Crippen molar-refractivity contribution in [2.24, 2.45) is 16.4 Å². The van der Waals surface area contributed by atoms with E-state index in [9.17, 15) is 8.42 Å². The summed E-state index contributed by atoms with van der Waals surface area (Å²) in [6.07, 6.45) is 0. The summed E-state index contributed by atoms with van der Waals surface area (Å²) in [6, 6.07) is 6.64. The zero-order valence-corrected chi connectivity index (χ0v) is 13.1. The van der Waals surface area contributed by atoms with Crippen LogP contribution in [-0.2, 0) is 17.1 Å². The van der Waals surface area contributed by atoms with Gasteiger partial charge in [-0.2, -0.15) is 8.42 Å². The molecule has 1 aromatic heterocycles. The topological polar surface area (TPSA) is 63.8 Å². The predicted octanol–water partition coefficient (Wildman–Crippen LogP) is 1.28. The number of aryl methyl sites for hydroxylation is 1. The van der Waals surface area contributed by atoms with E-state index in [4.69, 9.17) is 0 Å². The average molecular weight is 315 g/mol. The lowest BCUT2D eigenvalue weighted by Gasteiger charge is -1.98. The van der Waals surface area contributed by atoms with Crippen LogP contribution in [0.2, 0.25) is 0 Å². The van der Waals surface area contributed by atoms with Crippen molar-refractivity contribution in [2.45, 2.75) is 11.8 Å². The van der Waals surface area contributed by atoms with Gasteiger partial charge in [-0.3, -0.25) is 9.56 Å². The van der Waals surface area contributed by atoms with Crippen LogP contribution in [0.5, 0.6) is 0 Å². The second kappa shape index (κ2) is 5.40. The minimum Gasteiger partial charge on any atom is -0.295 e. The largest absolute Gasteiger partial charge is 0.295 e. The quantitative estimate of drug-likeness (QED) is 0.784. The molecule has 2 aromatic rings. The number of nitrogens with zero attached hydrogens (tertiary/aromatic N) is 3. The van der Waals surface area contributed by atoms with Gasteiger partial charge in [0.2, 0.25) is 4.80 Å². The molecule has 0 aliphatic carbocycles. The first-order valence-corrected chi connectivity index (χ1v) is 9.00. The van der Waals surface area contributed by atoms with E-state index in [0.717, 1.165) is 10.4 Å². The number of sulfonamides is 1. The van der Waals surface area contributed by atoms with E-state index in [1.54, 1.807) is 42.9 Å². The third-order valence-electron chi connectivity index (χ3n) is 2.47. The first kappa shape index (κ1) is 14.2. The van der Waals surface area contributed by atoms with Crippen molar-refractivity contribution in [1.82, 2.24) is 4.57 Å². The minimum absolute atomic E-state index is 0.200. The predicted molar refractivity (Wildman–Crippen MR) is 76.6 cm³/mol. The van der Waals surface area contributed by atoms with Gasteiger partial charge < -0.3 is 0 Å². The summed E-state index contributed by atoms with van der Waals surface area (Å²) in [7, 11) is 2.43. The SMILES string of the molecule is CN=c1ss/c(=N\S(=O)(=O)c2ccc(C)cc2)n1C. The van der Waals surface area contributed by atoms with Crippen LogP contribution in [0.1, 0.15) is 5.56 Å². The molecule has 8 heteroatoms. The maximum absolute atomic E-state index is 12.2. The van der Waals surface area contributed by atoms with E-state index < -0.39 is 10.0 Å². The molecular weight excluding hydrogens is 302 g/mol. The molecule has 2 rings (SSSR count). The van der Waals surface area contributed by atoms with E-state index in [1.807, 2.05) is 6.92 Å². The van der Waals surface area contributed by atoms with Crippen LogP contribution in [0.4, 0.5) is 0 Å². The highest BCUT2D eigenvalue weighted by molar-refractivity contribution is 7.90. The first-order chi connectivity index (χ1) is 8.94. The molecule has 19 heavy (non-hydrogen) atoms. The van der Waals surface area contributed by atoms with E-state index >= 15 is 0 Å². The Labute approximate surface area is 118 Å². The second-order valence-electron chi connectivity index (χ2n) is 3.89. The molecule has 0 aliphatic heterocycles. The molecule has 102 valence electrons. The Bertz CT molecular complexity index is 808. The summed E-state index contributed by atoms with van der Waals surface area (Å²) in [5.74, 6) is 0. The molecule has 0 bridgehead atoms. The molecule has 0 N–H and O–H groups in total. The highest BCUT2D eigenvalue weighted by atomic mass is 32.9. The number of benzene rings is 1. The van der Waals surface area contributed by atoms with E-state index in [1.165, 1.54) is 20.7 Å². The van der Waals surface area contributed by atoms with Crippen LogP contribution in [0, 0.1) is 6.92 Å². The average Bonchev–Trinajstić information content (AvgIpc) is 2.70. The molecule has 0 fully saturated rings. The Morgan fingerprint density at radius 3 is 2.21 bits per heavy atom. The van der Waals surface area contributed by atoms with Crippen molar-refractivity contribution in [3.8, 4) is 0 Å². The molecule has 0 amide bonds. The minimum atomic E-state index is -3.67. The Morgan fingerprint density at radius 1 is 1.11 bits per heavy atom. The third kappa shape index (κ3) is 3.02. The summed E-state index contributed by atoms with van der Waals surface area (Å²) in [5, 5.41) is 0. The molecule has 1 heterocycles. The van der Waals surface area contributed by atoms with Gasteiger partial charge in [0.15, 0.2) is 4.80 Å². The van der Waals surface area contributed by atoms with Crippen LogP contribution in [-0.4, -0.2) is 20.0 Å². The molecule has 0 radical (unpaired) electrons. The molecule has 0 saturated carbocycles. The van der Waals surface area contributed by atoms with Crippen LogP contribution >= 0.6 is 20.7 Å². The summed E-state index contributed by atoms with van der Waals surface area (Å²) in [4.78, 5) is 5.40. The van der Waals surface area contributed by atoms with Crippen molar-refractivity contribution in [1.29, 1.82) is 0 Å². The summed E-state index contributed by atoms with van der Waals surface area (Å²) in [5.41, 5.74) is 1.01. The summed E-state index contributed by atoms with van der Waals surface area (Å²) >= 11 is 0. The van der Waals surface area contributed by atoms with E-state index in [-0.39, 0.29) is 4.90 Å². The Kier molecular flexibility index (Phi) is 4.02. The van der Waals surface area contributed by atoms with E-state index in [2.05, 4.69) is 9.39 Å². The van der Waals surface area contributed by atoms with E-state index in [0.29, 0.717) is 4.80 Å². The molecule has 0 atom stereocenters. The number of aromatic nitrogens is 1. The highest BCUT2D eigenvalue weighted by Gasteiger charge is 2.12. The first-order valence-electron chi connectivity index (χ1n) is 5.41. The van der Waals surface area contributed by atoms with Gasteiger partial charge in [-0.15, -0.1) is 4.40 Å². The molecule has 0 spiro atoms. The Balaban J connectivity index is 2.58. The lowest BCUT2D eigenvalue weighted by Crippen LogP contribution is -2.23. The maximum Gasteiger partial charge on any atom is 0.285 e. The lowest BCUT2D eigenvalue weighted by molar-refractivity contribution is 0.596. The fraction of sp³-hybridized carbons (Fsp3) is 0.273.